The molecular weight excluding hydrogens is 432 g/mol. The van der Waals surface area contributed by atoms with Crippen molar-refractivity contribution < 1.29 is 9.53 Å². The standard InChI is InChI=1S/C31H34N2O2/c1-21-9-8-12-26-29(21)31(34)33(20-22-10-6-5-7-11-22)30(26)27-19-24(15-18-28(27)35-4)23-13-16-25(17-14-23)32(2)3/h5-8,10-19,21,26,29-30H,9,20H2,1-4H3/t21-,26+,29+,30+/m0/s1. The minimum atomic E-state index is -0.0670. The van der Waals surface area contributed by atoms with E-state index in [0.29, 0.717) is 12.5 Å². The molecule has 1 saturated heterocycles. The first-order valence-corrected chi connectivity index (χ1v) is 12.4. The summed E-state index contributed by atoms with van der Waals surface area (Å²) in [6.07, 6.45) is 5.48. The van der Waals surface area contributed by atoms with Crippen molar-refractivity contribution in [3.63, 3.8) is 0 Å². The molecular formula is C31H34N2O2. The lowest BCUT2D eigenvalue weighted by Gasteiger charge is -2.31. The maximum atomic E-state index is 13.8. The number of likely N-dealkylation sites (tertiary alicyclic amines) is 1. The Morgan fingerprint density at radius 1 is 0.971 bits per heavy atom. The van der Waals surface area contributed by atoms with Gasteiger partial charge >= 0.3 is 0 Å². The van der Waals surface area contributed by atoms with Gasteiger partial charge in [-0.1, -0.05) is 67.6 Å². The number of hydrogen-bond acceptors (Lipinski definition) is 3. The lowest BCUT2D eigenvalue weighted by molar-refractivity contribution is -0.134. The molecule has 1 heterocycles. The van der Waals surface area contributed by atoms with Gasteiger partial charge in [-0.15, -0.1) is 0 Å². The minimum Gasteiger partial charge on any atom is -0.496 e. The Morgan fingerprint density at radius 2 is 1.69 bits per heavy atom. The van der Waals surface area contributed by atoms with Gasteiger partial charge in [0.05, 0.1) is 13.2 Å². The van der Waals surface area contributed by atoms with E-state index in [9.17, 15) is 4.79 Å². The van der Waals surface area contributed by atoms with Crippen LogP contribution >= 0.6 is 0 Å². The van der Waals surface area contributed by atoms with E-state index in [1.807, 2.05) is 32.3 Å². The van der Waals surface area contributed by atoms with Crippen LogP contribution in [0.1, 0.15) is 30.5 Å². The molecule has 180 valence electrons. The smallest absolute Gasteiger partial charge is 0.227 e. The fourth-order valence-electron chi connectivity index (χ4n) is 5.77. The largest absolute Gasteiger partial charge is 0.496 e. The molecule has 1 aliphatic heterocycles. The molecule has 4 nitrogen and oxygen atoms in total. The van der Waals surface area contributed by atoms with E-state index < -0.39 is 0 Å². The summed E-state index contributed by atoms with van der Waals surface area (Å²) in [5, 5.41) is 0. The number of rotatable bonds is 6. The summed E-state index contributed by atoms with van der Waals surface area (Å²) >= 11 is 0. The first-order valence-electron chi connectivity index (χ1n) is 12.4. The van der Waals surface area contributed by atoms with E-state index in [0.717, 1.165) is 34.4 Å². The fourth-order valence-corrected chi connectivity index (χ4v) is 5.77. The highest BCUT2D eigenvalue weighted by Crippen LogP contribution is 2.51. The van der Waals surface area contributed by atoms with E-state index in [1.165, 1.54) is 5.69 Å². The Morgan fingerprint density at radius 3 is 2.37 bits per heavy atom. The second kappa shape index (κ2) is 9.61. The third-order valence-corrected chi connectivity index (χ3v) is 7.62. The van der Waals surface area contributed by atoms with Crippen LogP contribution in [0, 0.1) is 17.8 Å². The molecule has 4 atom stereocenters. The number of benzene rings is 3. The Bertz CT molecular complexity index is 1220. The van der Waals surface area contributed by atoms with Gasteiger partial charge in [-0.25, -0.2) is 0 Å². The summed E-state index contributed by atoms with van der Waals surface area (Å²) in [5.41, 5.74) is 5.69. The third-order valence-electron chi connectivity index (χ3n) is 7.62. The Kier molecular flexibility index (Phi) is 6.38. The Hall–Kier alpha value is -3.53. The van der Waals surface area contributed by atoms with Crippen molar-refractivity contribution in [2.45, 2.75) is 25.9 Å². The van der Waals surface area contributed by atoms with Crippen molar-refractivity contribution >= 4 is 11.6 Å². The van der Waals surface area contributed by atoms with Gasteiger partial charge in [-0.05, 0) is 53.3 Å². The van der Waals surface area contributed by atoms with Gasteiger partial charge in [-0.3, -0.25) is 4.79 Å². The zero-order valence-electron chi connectivity index (χ0n) is 21.0. The molecule has 0 spiro atoms. The van der Waals surface area contributed by atoms with Gasteiger partial charge in [0, 0.05) is 43.7 Å². The number of allylic oxidation sites excluding steroid dienone is 1. The topological polar surface area (TPSA) is 32.8 Å². The van der Waals surface area contributed by atoms with E-state index in [2.05, 4.69) is 83.5 Å². The second-order valence-corrected chi connectivity index (χ2v) is 10.0. The summed E-state index contributed by atoms with van der Waals surface area (Å²) in [7, 11) is 5.82. The van der Waals surface area contributed by atoms with E-state index in [1.54, 1.807) is 7.11 Å². The molecule has 2 aliphatic rings. The number of amides is 1. The van der Waals surface area contributed by atoms with Gasteiger partial charge in [0.2, 0.25) is 5.91 Å². The number of anilines is 1. The van der Waals surface area contributed by atoms with Crippen LogP contribution in [0.3, 0.4) is 0 Å². The van der Waals surface area contributed by atoms with Gasteiger partial charge in [0.1, 0.15) is 5.75 Å². The monoisotopic (exact) mass is 466 g/mol. The number of carbonyl (C=O) groups excluding carboxylic acids is 1. The van der Waals surface area contributed by atoms with Crippen molar-refractivity contribution in [3.05, 3.63) is 96.1 Å². The first-order chi connectivity index (χ1) is 17.0. The van der Waals surface area contributed by atoms with Crippen LogP contribution in [0.15, 0.2) is 84.9 Å². The van der Waals surface area contributed by atoms with E-state index in [-0.39, 0.29) is 23.8 Å². The number of hydrogen-bond donors (Lipinski definition) is 0. The average Bonchev–Trinajstić information content (AvgIpc) is 3.16. The van der Waals surface area contributed by atoms with Crippen molar-refractivity contribution in [1.82, 2.24) is 4.90 Å². The minimum absolute atomic E-state index is 0.00134. The summed E-state index contributed by atoms with van der Waals surface area (Å²) in [4.78, 5) is 18.0. The highest BCUT2D eigenvalue weighted by Gasteiger charge is 2.51. The lowest BCUT2D eigenvalue weighted by Crippen LogP contribution is -2.30. The highest BCUT2D eigenvalue weighted by atomic mass is 16.5. The van der Waals surface area contributed by atoms with Crippen LogP contribution in [-0.4, -0.2) is 32.0 Å². The molecule has 0 saturated carbocycles. The zero-order chi connectivity index (χ0) is 24.5. The van der Waals surface area contributed by atoms with E-state index in [4.69, 9.17) is 4.74 Å². The van der Waals surface area contributed by atoms with E-state index >= 15 is 0 Å². The fraction of sp³-hybridized carbons (Fsp3) is 0.323. The predicted octanol–water partition coefficient (Wildman–Crippen LogP) is 6.34. The molecule has 4 heteroatoms. The van der Waals surface area contributed by atoms with Gasteiger partial charge in [0.25, 0.3) is 0 Å². The molecule has 1 fully saturated rings. The third kappa shape index (κ3) is 4.34. The van der Waals surface area contributed by atoms with Crippen LogP contribution in [0.4, 0.5) is 5.69 Å². The molecule has 35 heavy (non-hydrogen) atoms. The van der Waals surface area contributed by atoms with Crippen LogP contribution in [-0.2, 0) is 11.3 Å². The summed E-state index contributed by atoms with van der Waals surface area (Å²) in [6, 6.07) is 25.2. The van der Waals surface area contributed by atoms with Crippen LogP contribution < -0.4 is 9.64 Å². The maximum absolute atomic E-state index is 13.8. The highest BCUT2D eigenvalue weighted by molar-refractivity contribution is 5.84. The second-order valence-electron chi connectivity index (χ2n) is 10.0. The predicted molar refractivity (Wildman–Crippen MR) is 142 cm³/mol. The molecule has 0 bridgehead atoms. The Balaban J connectivity index is 1.60. The number of carbonyl (C=O) groups is 1. The van der Waals surface area contributed by atoms with Gasteiger partial charge in [-0.2, -0.15) is 0 Å². The number of ether oxygens (including phenoxy) is 1. The normalized spacial score (nSPS) is 23.3. The SMILES string of the molecule is COc1ccc(-c2ccc(N(C)C)cc2)cc1[C@H]1[C@@H]2C=CC[C@H](C)[C@H]2C(=O)N1Cc1ccccc1. The molecule has 1 amide bonds. The van der Waals surface area contributed by atoms with Crippen molar-refractivity contribution in [1.29, 1.82) is 0 Å². The van der Waals surface area contributed by atoms with Crippen LogP contribution in [0.5, 0.6) is 5.75 Å². The molecule has 0 radical (unpaired) electrons. The molecule has 0 unspecified atom stereocenters. The summed E-state index contributed by atoms with van der Waals surface area (Å²) < 4.78 is 5.87. The number of fused-ring (bicyclic) bond motifs is 1. The molecule has 0 N–H and O–H groups in total. The van der Waals surface area contributed by atoms with Crippen LogP contribution in [0.25, 0.3) is 11.1 Å². The maximum Gasteiger partial charge on any atom is 0.227 e. The van der Waals surface area contributed by atoms with Crippen molar-refractivity contribution in [3.8, 4) is 16.9 Å². The van der Waals surface area contributed by atoms with Crippen LogP contribution in [0.2, 0.25) is 0 Å². The molecule has 5 rings (SSSR count). The molecule has 3 aromatic rings. The lowest BCUT2D eigenvalue weighted by atomic mass is 9.75. The summed E-state index contributed by atoms with van der Waals surface area (Å²) in [5.74, 6) is 1.55. The van der Waals surface area contributed by atoms with Crippen molar-refractivity contribution in [2.75, 3.05) is 26.1 Å². The number of methoxy groups -OCH3 is 1. The Labute approximate surface area is 208 Å². The first kappa shape index (κ1) is 23.2. The molecule has 1 aliphatic carbocycles. The number of nitrogens with zero attached hydrogens (tertiary/aromatic N) is 2. The quantitative estimate of drug-likeness (QED) is 0.398. The molecule has 3 aromatic carbocycles. The van der Waals surface area contributed by atoms with Gasteiger partial charge in [0.15, 0.2) is 0 Å². The van der Waals surface area contributed by atoms with Crippen molar-refractivity contribution in [2.24, 2.45) is 17.8 Å². The zero-order valence-corrected chi connectivity index (χ0v) is 21.0. The average molecular weight is 467 g/mol. The van der Waals surface area contributed by atoms with Gasteiger partial charge < -0.3 is 14.5 Å². The molecule has 0 aromatic heterocycles. The summed E-state index contributed by atoms with van der Waals surface area (Å²) in [6.45, 7) is 2.81.